The van der Waals surface area contributed by atoms with E-state index in [1.807, 2.05) is 0 Å². The maximum atomic E-state index is 5.69. The molecule has 0 aromatic heterocycles. The first kappa shape index (κ1) is 10.5. The zero-order valence-corrected chi connectivity index (χ0v) is 9.72. The molecule has 0 nitrogen and oxygen atoms in total. The molecule has 0 amide bonds. The van der Waals surface area contributed by atoms with Crippen molar-refractivity contribution in [1.82, 2.24) is 0 Å². The van der Waals surface area contributed by atoms with Crippen LogP contribution in [0.4, 0.5) is 0 Å². The van der Waals surface area contributed by atoms with Crippen LogP contribution >= 0.6 is 11.6 Å². The quantitative estimate of drug-likeness (QED) is 0.674. The number of hydrogen-bond donors (Lipinski definition) is 0. The van der Waals surface area contributed by atoms with Gasteiger partial charge in [-0.3, -0.25) is 0 Å². The third kappa shape index (κ3) is 2.51. The van der Waals surface area contributed by atoms with Gasteiger partial charge in [0.05, 0.1) is 0 Å². The van der Waals surface area contributed by atoms with Crippen molar-refractivity contribution < 1.29 is 0 Å². The highest BCUT2D eigenvalue weighted by molar-refractivity contribution is 6.17. The maximum Gasteiger partial charge on any atom is 0.0226 e. The molecule has 0 aliphatic carbocycles. The Kier molecular flexibility index (Phi) is 3.27. The Morgan fingerprint density at radius 3 is 2.53 bits per heavy atom. The van der Waals surface area contributed by atoms with Crippen LogP contribution in [0.5, 0.6) is 0 Å². The molecule has 0 bridgehead atoms. The van der Waals surface area contributed by atoms with Crippen LogP contribution < -0.4 is 0 Å². The molecule has 0 radical (unpaired) electrons. The van der Waals surface area contributed by atoms with Gasteiger partial charge in [0.1, 0.15) is 0 Å². The van der Waals surface area contributed by atoms with E-state index in [0.717, 1.165) is 18.7 Å². The van der Waals surface area contributed by atoms with E-state index < -0.39 is 0 Å². The number of rotatable bonds is 3. The third-order valence-electron chi connectivity index (χ3n) is 2.66. The van der Waals surface area contributed by atoms with E-state index in [9.17, 15) is 0 Å². The second-order valence-electron chi connectivity index (χ2n) is 3.98. The monoisotopic (exact) mass is 218 g/mol. The second kappa shape index (κ2) is 4.67. The molecule has 0 N–H and O–H groups in total. The Hall–Kier alpha value is -1.01. The molecule has 2 aromatic rings. The summed E-state index contributed by atoms with van der Waals surface area (Å²) in [5.41, 5.74) is 2.70. The van der Waals surface area contributed by atoms with Gasteiger partial charge < -0.3 is 0 Å². The van der Waals surface area contributed by atoms with Crippen molar-refractivity contribution in [3.63, 3.8) is 0 Å². The summed E-state index contributed by atoms with van der Waals surface area (Å²) in [6.07, 6.45) is 2.13. The third-order valence-corrected chi connectivity index (χ3v) is 2.93. The van der Waals surface area contributed by atoms with Gasteiger partial charge in [0.25, 0.3) is 0 Å². The van der Waals surface area contributed by atoms with Crippen molar-refractivity contribution >= 4 is 22.4 Å². The Balaban J connectivity index is 2.34. The van der Waals surface area contributed by atoms with Crippen molar-refractivity contribution in [2.75, 3.05) is 5.88 Å². The second-order valence-corrected chi connectivity index (χ2v) is 4.36. The lowest BCUT2D eigenvalue weighted by atomic mass is 10.0. The van der Waals surface area contributed by atoms with Gasteiger partial charge in [-0.15, -0.1) is 11.6 Å². The smallest absolute Gasteiger partial charge is 0.0226 e. The van der Waals surface area contributed by atoms with Gasteiger partial charge in [0, 0.05) is 5.88 Å². The summed E-state index contributed by atoms with van der Waals surface area (Å²) in [5, 5.41) is 2.65. The fourth-order valence-corrected chi connectivity index (χ4v) is 1.97. The summed E-state index contributed by atoms with van der Waals surface area (Å²) < 4.78 is 0. The van der Waals surface area contributed by atoms with E-state index in [1.165, 1.54) is 21.9 Å². The number of fused-ring (bicyclic) bond motifs is 1. The van der Waals surface area contributed by atoms with E-state index in [2.05, 4.69) is 43.3 Å². The number of alkyl halides is 1. The maximum absolute atomic E-state index is 5.69. The molecule has 0 aliphatic heterocycles. The molecular formula is C14H15Cl. The van der Waals surface area contributed by atoms with Crippen LogP contribution in [0.2, 0.25) is 0 Å². The minimum Gasteiger partial charge on any atom is -0.127 e. The SMILES string of the molecule is Cc1ccc2cc(CCCCl)ccc2c1. The summed E-state index contributed by atoms with van der Waals surface area (Å²) in [4.78, 5) is 0. The minimum absolute atomic E-state index is 0.742. The fourth-order valence-electron chi connectivity index (χ4n) is 1.84. The van der Waals surface area contributed by atoms with Crippen LogP contribution in [0.25, 0.3) is 10.8 Å². The molecule has 2 aromatic carbocycles. The molecule has 2 rings (SSSR count). The fraction of sp³-hybridized carbons (Fsp3) is 0.286. The highest BCUT2D eigenvalue weighted by Gasteiger charge is 1.97. The molecule has 0 saturated heterocycles. The van der Waals surface area contributed by atoms with Crippen LogP contribution in [0.15, 0.2) is 36.4 Å². The molecule has 0 spiro atoms. The van der Waals surface area contributed by atoms with Gasteiger partial charge in [-0.2, -0.15) is 0 Å². The van der Waals surface area contributed by atoms with Crippen LogP contribution in [-0.2, 0) is 6.42 Å². The normalized spacial score (nSPS) is 10.8. The van der Waals surface area contributed by atoms with E-state index in [1.54, 1.807) is 0 Å². The van der Waals surface area contributed by atoms with Crippen LogP contribution in [0.1, 0.15) is 17.5 Å². The largest absolute Gasteiger partial charge is 0.127 e. The van der Waals surface area contributed by atoms with E-state index in [4.69, 9.17) is 11.6 Å². The van der Waals surface area contributed by atoms with Gasteiger partial charge >= 0.3 is 0 Å². The first-order valence-electron chi connectivity index (χ1n) is 5.35. The first-order chi connectivity index (χ1) is 7.29. The Morgan fingerprint density at radius 2 is 1.73 bits per heavy atom. The Bertz CT molecular complexity index is 460. The van der Waals surface area contributed by atoms with E-state index in [0.29, 0.717) is 0 Å². The van der Waals surface area contributed by atoms with Crippen molar-refractivity contribution in [2.24, 2.45) is 0 Å². The highest BCUT2D eigenvalue weighted by Crippen LogP contribution is 2.18. The lowest BCUT2D eigenvalue weighted by Gasteiger charge is -2.03. The molecule has 1 heteroatoms. The standard InChI is InChI=1S/C14H15Cl/c1-11-4-6-14-10-12(3-2-8-15)5-7-13(14)9-11/h4-7,9-10H,2-3,8H2,1H3. The van der Waals surface area contributed by atoms with Gasteiger partial charge in [-0.1, -0.05) is 42.0 Å². The van der Waals surface area contributed by atoms with Gasteiger partial charge in [-0.25, -0.2) is 0 Å². The molecule has 15 heavy (non-hydrogen) atoms. The lowest BCUT2D eigenvalue weighted by Crippen LogP contribution is -1.86. The van der Waals surface area contributed by atoms with Crippen molar-refractivity contribution in [3.8, 4) is 0 Å². The Morgan fingerprint density at radius 1 is 1.00 bits per heavy atom. The van der Waals surface area contributed by atoms with E-state index in [-0.39, 0.29) is 0 Å². The summed E-state index contributed by atoms with van der Waals surface area (Å²) >= 11 is 5.69. The molecule has 0 atom stereocenters. The highest BCUT2D eigenvalue weighted by atomic mass is 35.5. The zero-order chi connectivity index (χ0) is 10.7. The molecule has 78 valence electrons. The predicted octanol–water partition coefficient (Wildman–Crippen LogP) is 4.32. The average Bonchev–Trinajstić information content (AvgIpc) is 2.26. The zero-order valence-electron chi connectivity index (χ0n) is 8.96. The van der Waals surface area contributed by atoms with Crippen molar-refractivity contribution in [2.45, 2.75) is 19.8 Å². The minimum atomic E-state index is 0.742. The van der Waals surface area contributed by atoms with Gasteiger partial charge in [0.15, 0.2) is 0 Å². The summed E-state index contributed by atoms with van der Waals surface area (Å²) in [5.74, 6) is 0.742. The summed E-state index contributed by atoms with van der Waals surface area (Å²) in [6, 6.07) is 13.2. The van der Waals surface area contributed by atoms with Gasteiger partial charge in [-0.05, 0) is 36.1 Å². The number of halogens is 1. The number of hydrogen-bond acceptors (Lipinski definition) is 0. The molecule has 0 aliphatic rings. The van der Waals surface area contributed by atoms with Crippen molar-refractivity contribution in [1.29, 1.82) is 0 Å². The van der Waals surface area contributed by atoms with E-state index >= 15 is 0 Å². The number of aryl methyl sites for hydroxylation is 2. The van der Waals surface area contributed by atoms with Gasteiger partial charge in [0.2, 0.25) is 0 Å². The lowest BCUT2D eigenvalue weighted by molar-refractivity contribution is 0.931. The summed E-state index contributed by atoms with van der Waals surface area (Å²) in [6.45, 7) is 2.13. The van der Waals surface area contributed by atoms with Crippen molar-refractivity contribution in [3.05, 3.63) is 47.5 Å². The topological polar surface area (TPSA) is 0 Å². The number of benzene rings is 2. The summed E-state index contributed by atoms with van der Waals surface area (Å²) in [7, 11) is 0. The molecule has 0 saturated carbocycles. The first-order valence-corrected chi connectivity index (χ1v) is 5.88. The van der Waals surface area contributed by atoms with Crippen LogP contribution in [0.3, 0.4) is 0 Å². The predicted molar refractivity (Wildman–Crippen MR) is 67.7 cm³/mol. The molecule has 0 heterocycles. The molecule has 0 fully saturated rings. The van der Waals surface area contributed by atoms with Crippen LogP contribution in [-0.4, -0.2) is 5.88 Å². The van der Waals surface area contributed by atoms with Crippen LogP contribution in [0, 0.1) is 6.92 Å². The Labute approximate surface area is 95.9 Å². The average molecular weight is 219 g/mol. The molecular weight excluding hydrogens is 204 g/mol. The molecule has 0 unspecified atom stereocenters.